The van der Waals surface area contributed by atoms with E-state index in [1.54, 1.807) is 6.20 Å². The van der Waals surface area contributed by atoms with Crippen LogP contribution in [0.15, 0.2) is 54.8 Å². The van der Waals surface area contributed by atoms with E-state index >= 15 is 0 Å². The van der Waals surface area contributed by atoms with Gasteiger partial charge in [0.15, 0.2) is 0 Å². The Morgan fingerprint density at radius 1 is 1.12 bits per heavy atom. The highest BCUT2D eigenvalue weighted by molar-refractivity contribution is 5.14. The number of benzene rings is 1. The summed E-state index contributed by atoms with van der Waals surface area (Å²) in [7, 11) is 0. The highest BCUT2D eigenvalue weighted by Gasteiger charge is 2.12. The third-order valence-corrected chi connectivity index (χ3v) is 2.86. The second-order valence-corrected chi connectivity index (χ2v) is 4.22. The van der Waals surface area contributed by atoms with E-state index in [0.29, 0.717) is 13.1 Å². The van der Waals surface area contributed by atoms with Crippen LogP contribution in [0, 0.1) is 5.21 Å². The number of aryl methyl sites for hydroxylation is 1. The Bertz CT molecular complexity index is 383. The van der Waals surface area contributed by atoms with Gasteiger partial charge in [0.2, 0.25) is 0 Å². The Hall–Kier alpha value is -1.38. The van der Waals surface area contributed by atoms with Crippen LogP contribution in [0.25, 0.3) is 0 Å². The maximum Gasteiger partial charge on any atom is 0.102 e. The van der Waals surface area contributed by atoms with Crippen molar-refractivity contribution in [1.82, 2.24) is 0 Å². The first-order valence-electron chi connectivity index (χ1n) is 5.75. The van der Waals surface area contributed by atoms with E-state index in [-0.39, 0.29) is 4.65 Å². The zero-order valence-electron chi connectivity index (χ0n) is 9.38. The molecule has 2 rings (SSSR count). The van der Waals surface area contributed by atoms with Gasteiger partial charge in [-0.3, -0.25) is 0 Å². The standard InChI is InChI=1S/C14H17NO/c16-15(11-5-2-6-12-15)13-7-10-14-8-3-1-4-9-14/h1-6,8-9,11H,7,10,12-13H2. The molecule has 1 aromatic carbocycles. The van der Waals surface area contributed by atoms with Gasteiger partial charge in [0.05, 0.1) is 12.7 Å². The number of hydrogen-bond donors (Lipinski definition) is 0. The molecular weight excluding hydrogens is 198 g/mol. The normalized spacial score (nSPS) is 23.6. The molecule has 0 radical (unpaired) electrons. The van der Waals surface area contributed by atoms with E-state index in [4.69, 9.17) is 0 Å². The molecule has 0 saturated carbocycles. The summed E-state index contributed by atoms with van der Waals surface area (Å²) >= 11 is 0. The minimum absolute atomic E-state index is 0.205. The van der Waals surface area contributed by atoms with Gasteiger partial charge in [-0.1, -0.05) is 36.4 Å². The first-order chi connectivity index (χ1) is 7.79. The van der Waals surface area contributed by atoms with Gasteiger partial charge in [-0.05, 0) is 24.1 Å². The van der Waals surface area contributed by atoms with Crippen LogP contribution >= 0.6 is 0 Å². The zero-order valence-corrected chi connectivity index (χ0v) is 9.38. The van der Waals surface area contributed by atoms with Crippen molar-refractivity contribution in [2.24, 2.45) is 0 Å². The van der Waals surface area contributed by atoms with E-state index in [2.05, 4.69) is 12.1 Å². The average molecular weight is 215 g/mol. The van der Waals surface area contributed by atoms with Crippen molar-refractivity contribution >= 4 is 0 Å². The average Bonchev–Trinajstić information content (AvgIpc) is 2.31. The predicted octanol–water partition coefficient (Wildman–Crippen LogP) is 3.02. The largest absolute Gasteiger partial charge is 0.628 e. The lowest BCUT2D eigenvalue weighted by atomic mass is 10.1. The fraction of sp³-hybridized carbons (Fsp3) is 0.286. The Balaban J connectivity index is 1.80. The molecular formula is C14H17NO. The molecule has 1 atom stereocenters. The molecule has 16 heavy (non-hydrogen) atoms. The van der Waals surface area contributed by atoms with Gasteiger partial charge in [-0.2, -0.15) is 0 Å². The predicted molar refractivity (Wildman–Crippen MR) is 66.4 cm³/mol. The third-order valence-electron chi connectivity index (χ3n) is 2.86. The molecule has 84 valence electrons. The smallest absolute Gasteiger partial charge is 0.102 e. The van der Waals surface area contributed by atoms with Gasteiger partial charge in [0, 0.05) is 6.42 Å². The fourth-order valence-electron chi connectivity index (χ4n) is 1.95. The first-order valence-corrected chi connectivity index (χ1v) is 5.75. The maximum absolute atomic E-state index is 12.1. The van der Waals surface area contributed by atoms with Crippen molar-refractivity contribution in [2.45, 2.75) is 12.8 Å². The second kappa shape index (κ2) is 5.10. The van der Waals surface area contributed by atoms with Crippen molar-refractivity contribution in [3.63, 3.8) is 0 Å². The van der Waals surface area contributed by atoms with Gasteiger partial charge >= 0.3 is 0 Å². The molecule has 0 aromatic heterocycles. The number of hydroxylamine groups is 3. The Labute approximate surface area is 96.7 Å². The van der Waals surface area contributed by atoms with Gasteiger partial charge in [0.25, 0.3) is 0 Å². The molecule has 2 nitrogen and oxygen atoms in total. The van der Waals surface area contributed by atoms with Crippen LogP contribution in [0.1, 0.15) is 12.0 Å². The third kappa shape index (κ3) is 3.05. The Kier molecular flexibility index (Phi) is 3.54. The zero-order chi connectivity index (χ0) is 11.3. The topological polar surface area (TPSA) is 23.1 Å². The first kappa shape index (κ1) is 11.1. The highest BCUT2D eigenvalue weighted by atomic mass is 16.5. The lowest BCUT2D eigenvalue weighted by Crippen LogP contribution is -2.38. The number of quaternary nitrogens is 1. The van der Waals surface area contributed by atoms with Crippen molar-refractivity contribution < 1.29 is 4.65 Å². The molecule has 1 aliphatic heterocycles. The minimum Gasteiger partial charge on any atom is -0.628 e. The van der Waals surface area contributed by atoms with Crippen LogP contribution in [-0.2, 0) is 6.42 Å². The fourth-order valence-corrected chi connectivity index (χ4v) is 1.95. The SMILES string of the molecule is [O-][N+]1(CCCc2ccccc2)C=CC=CC1. The summed E-state index contributed by atoms with van der Waals surface area (Å²) in [6.45, 7) is 1.24. The summed E-state index contributed by atoms with van der Waals surface area (Å²) in [6.07, 6.45) is 9.39. The molecule has 1 heterocycles. The molecule has 1 unspecified atom stereocenters. The lowest BCUT2D eigenvalue weighted by Gasteiger charge is -2.39. The van der Waals surface area contributed by atoms with Crippen LogP contribution in [0.2, 0.25) is 0 Å². The molecule has 1 aromatic rings. The lowest BCUT2D eigenvalue weighted by molar-refractivity contribution is -0.823. The summed E-state index contributed by atoms with van der Waals surface area (Å²) < 4.78 is -0.205. The Morgan fingerprint density at radius 3 is 2.62 bits per heavy atom. The number of nitrogens with zero attached hydrogens (tertiary/aromatic N) is 1. The van der Waals surface area contributed by atoms with Crippen LogP contribution in [-0.4, -0.2) is 17.7 Å². The van der Waals surface area contributed by atoms with E-state index in [9.17, 15) is 5.21 Å². The molecule has 0 amide bonds. The number of rotatable bonds is 4. The molecule has 0 spiro atoms. The van der Waals surface area contributed by atoms with E-state index in [1.807, 2.05) is 36.4 Å². The molecule has 0 aliphatic carbocycles. The van der Waals surface area contributed by atoms with Gasteiger partial charge in [-0.15, -0.1) is 0 Å². The monoisotopic (exact) mass is 215 g/mol. The quantitative estimate of drug-likeness (QED) is 0.559. The maximum atomic E-state index is 12.1. The van der Waals surface area contributed by atoms with Crippen LogP contribution in [0.4, 0.5) is 0 Å². The summed E-state index contributed by atoms with van der Waals surface area (Å²) in [5.41, 5.74) is 1.31. The van der Waals surface area contributed by atoms with Crippen molar-refractivity contribution in [3.8, 4) is 0 Å². The molecule has 0 N–H and O–H groups in total. The number of hydrogen-bond acceptors (Lipinski definition) is 1. The van der Waals surface area contributed by atoms with Gasteiger partial charge < -0.3 is 9.85 Å². The molecule has 1 aliphatic rings. The van der Waals surface area contributed by atoms with E-state index < -0.39 is 0 Å². The highest BCUT2D eigenvalue weighted by Crippen LogP contribution is 2.13. The van der Waals surface area contributed by atoms with Gasteiger partial charge in [-0.25, -0.2) is 0 Å². The molecule has 0 saturated heterocycles. The second-order valence-electron chi connectivity index (χ2n) is 4.22. The molecule has 0 bridgehead atoms. The van der Waals surface area contributed by atoms with Gasteiger partial charge in [0.1, 0.15) is 6.54 Å². The molecule has 2 heteroatoms. The van der Waals surface area contributed by atoms with Crippen LogP contribution < -0.4 is 0 Å². The summed E-state index contributed by atoms with van der Waals surface area (Å²) in [5.74, 6) is 0. The number of allylic oxidation sites excluding steroid dienone is 2. The summed E-state index contributed by atoms with van der Waals surface area (Å²) in [5, 5.41) is 12.1. The van der Waals surface area contributed by atoms with Crippen molar-refractivity contribution in [3.05, 3.63) is 65.5 Å². The van der Waals surface area contributed by atoms with Crippen LogP contribution in [0.3, 0.4) is 0 Å². The molecule has 0 fully saturated rings. The van der Waals surface area contributed by atoms with Crippen molar-refractivity contribution in [1.29, 1.82) is 0 Å². The summed E-state index contributed by atoms with van der Waals surface area (Å²) in [6, 6.07) is 10.3. The Morgan fingerprint density at radius 2 is 1.94 bits per heavy atom. The summed E-state index contributed by atoms with van der Waals surface area (Å²) in [4.78, 5) is 0. The van der Waals surface area contributed by atoms with Crippen molar-refractivity contribution in [2.75, 3.05) is 13.1 Å². The van der Waals surface area contributed by atoms with E-state index in [0.717, 1.165) is 12.8 Å². The minimum atomic E-state index is -0.205. The van der Waals surface area contributed by atoms with Crippen LogP contribution in [0.5, 0.6) is 0 Å². The van der Waals surface area contributed by atoms with E-state index in [1.165, 1.54) is 5.56 Å².